The molecular weight excluding hydrogens is 306 g/mol. The van der Waals surface area contributed by atoms with Gasteiger partial charge in [0, 0.05) is 25.6 Å². The maximum absolute atomic E-state index is 12.5. The molecule has 0 aromatic heterocycles. The van der Waals surface area contributed by atoms with E-state index >= 15 is 0 Å². The number of likely N-dealkylation sites (tertiary alicyclic amines) is 1. The number of hydrogen-bond acceptors (Lipinski definition) is 4. The molecule has 2 fully saturated rings. The second-order valence-corrected chi connectivity index (χ2v) is 6.48. The Hall–Kier alpha value is -2.08. The van der Waals surface area contributed by atoms with E-state index in [4.69, 9.17) is 4.74 Å². The van der Waals surface area contributed by atoms with Crippen molar-refractivity contribution in [2.75, 3.05) is 38.6 Å². The third kappa shape index (κ3) is 3.70. The van der Waals surface area contributed by atoms with Crippen LogP contribution < -0.4 is 15.4 Å². The molecule has 3 rings (SSSR count). The summed E-state index contributed by atoms with van der Waals surface area (Å²) in [5, 5.41) is 6.19. The van der Waals surface area contributed by atoms with Gasteiger partial charge in [0.15, 0.2) is 0 Å². The largest absolute Gasteiger partial charge is 0.495 e. The van der Waals surface area contributed by atoms with Crippen LogP contribution in [0.1, 0.15) is 19.3 Å². The molecule has 0 bridgehead atoms. The maximum atomic E-state index is 12.5. The number of anilines is 1. The molecule has 0 radical (unpaired) electrons. The molecule has 2 N–H and O–H groups in total. The summed E-state index contributed by atoms with van der Waals surface area (Å²) >= 11 is 0. The van der Waals surface area contributed by atoms with Crippen molar-refractivity contribution in [1.82, 2.24) is 10.2 Å². The van der Waals surface area contributed by atoms with Crippen molar-refractivity contribution in [1.29, 1.82) is 0 Å². The van der Waals surface area contributed by atoms with Crippen LogP contribution in [0.25, 0.3) is 0 Å². The lowest BCUT2D eigenvalue weighted by molar-refractivity contribution is -0.137. The zero-order valence-corrected chi connectivity index (χ0v) is 14.1. The van der Waals surface area contributed by atoms with E-state index in [9.17, 15) is 9.59 Å². The zero-order chi connectivity index (χ0) is 16.9. The first-order valence-corrected chi connectivity index (χ1v) is 8.62. The summed E-state index contributed by atoms with van der Waals surface area (Å²) in [6.45, 7) is 3.04. The Morgan fingerprint density at radius 1 is 1.17 bits per heavy atom. The number of nitrogens with one attached hydrogen (secondary N) is 2. The van der Waals surface area contributed by atoms with Gasteiger partial charge in [0.25, 0.3) is 0 Å². The zero-order valence-electron chi connectivity index (χ0n) is 14.1. The van der Waals surface area contributed by atoms with Crippen LogP contribution in [-0.2, 0) is 9.59 Å². The van der Waals surface area contributed by atoms with E-state index < -0.39 is 0 Å². The monoisotopic (exact) mass is 331 g/mol. The van der Waals surface area contributed by atoms with E-state index in [1.54, 1.807) is 7.11 Å². The Labute approximate surface area is 142 Å². The van der Waals surface area contributed by atoms with Gasteiger partial charge >= 0.3 is 0 Å². The number of carbonyl (C=O) groups is 2. The van der Waals surface area contributed by atoms with Crippen LogP contribution in [0, 0.1) is 11.8 Å². The van der Waals surface area contributed by atoms with Crippen molar-refractivity contribution in [3.8, 4) is 5.75 Å². The van der Waals surface area contributed by atoms with Crippen LogP contribution in [0.15, 0.2) is 24.3 Å². The van der Waals surface area contributed by atoms with Gasteiger partial charge in [-0.1, -0.05) is 12.1 Å². The Morgan fingerprint density at radius 3 is 2.58 bits per heavy atom. The quantitative estimate of drug-likeness (QED) is 0.877. The average molecular weight is 331 g/mol. The van der Waals surface area contributed by atoms with Crippen LogP contribution in [-0.4, -0.2) is 50.0 Å². The molecule has 0 saturated carbocycles. The van der Waals surface area contributed by atoms with E-state index in [-0.39, 0.29) is 23.7 Å². The lowest BCUT2D eigenvalue weighted by atomic mass is 9.94. The molecule has 0 aliphatic carbocycles. The first-order chi connectivity index (χ1) is 11.7. The second kappa shape index (κ2) is 7.66. The average Bonchev–Trinajstić information content (AvgIpc) is 3.16. The molecule has 2 aliphatic heterocycles. The number of ether oxygens (including phenoxy) is 1. The molecule has 6 heteroatoms. The molecule has 6 nitrogen and oxygen atoms in total. The van der Waals surface area contributed by atoms with Gasteiger partial charge in [-0.3, -0.25) is 9.59 Å². The number of methoxy groups -OCH3 is 1. The summed E-state index contributed by atoms with van der Waals surface area (Å²) in [4.78, 5) is 26.8. The minimum absolute atomic E-state index is 0.00846. The predicted molar refractivity (Wildman–Crippen MR) is 91.9 cm³/mol. The third-order valence-corrected chi connectivity index (χ3v) is 4.95. The van der Waals surface area contributed by atoms with E-state index in [1.807, 2.05) is 29.2 Å². The van der Waals surface area contributed by atoms with Crippen LogP contribution in [0.3, 0.4) is 0 Å². The molecule has 130 valence electrons. The summed E-state index contributed by atoms with van der Waals surface area (Å²) in [6.07, 6.45) is 2.35. The second-order valence-electron chi connectivity index (χ2n) is 6.48. The first-order valence-electron chi connectivity index (χ1n) is 8.62. The normalized spacial score (nSPS) is 21.5. The fourth-order valence-corrected chi connectivity index (χ4v) is 3.47. The lowest BCUT2D eigenvalue weighted by Crippen LogP contribution is -2.44. The predicted octanol–water partition coefficient (Wildman–Crippen LogP) is 1.48. The highest BCUT2D eigenvalue weighted by Gasteiger charge is 2.32. The van der Waals surface area contributed by atoms with E-state index in [0.717, 1.165) is 19.5 Å². The molecule has 2 saturated heterocycles. The van der Waals surface area contributed by atoms with Crippen LogP contribution in [0.2, 0.25) is 0 Å². The summed E-state index contributed by atoms with van der Waals surface area (Å²) in [5.41, 5.74) is 0.695. The van der Waals surface area contributed by atoms with Gasteiger partial charge < -0.3 is 20.3 Å². The maximum Gasteiger partial charge on any atom is 0.227 e. The van der Waals surface area contributed by atoms with Crippen molar-refractivity contribution >= 4 is 17.5 Å². The number of nitrogens with zero attached hydrogens (tertiary/aromatic N) is 1. The van der Waals surface area contributed by atoms with Gasteiger partial charge in [-0.05, 0) is 37.9 Å². The third-order valence-electron chi connectivity index (χ3n) is 4.95. The number of carbonyl (C=O) groups excluding carboxylic acids is 2. The number of piperidine rings is 1. The van der Waals surface area contributed by atoms with E-state index in [1.165, 1.54) is 0 Å². The number of benzene rings is 1. The van der Waals surface area contributed by atoms with Crippen molar-refractivity contribution in [3.05, 3.63) is 24.3 Å². The van der Waals surface area contributed by atoms with Gasteiger partial charge in [0.05, 0.1) is 18.7 Å². The Balaban J connectivity index is 1.52. The van der Waals surface area contributed by atoms with Gasteiger partial charge in [-0.15, -0.1) is 0 Å². The molecule has 2 amide bonds. The summed E-state index contributed by atoms with van der Waals surface area (Å²) in [7, 11) is 1.59. The fourth-order valence-electron chi connectivity index (χ4n) is 3.47. The lowest BCUT2D eigenvalue weighted by Gasteiger charge is -2.33. The fraction of sp³-hybridized carbons (Fsp3) is 0.556. The molecular formula is C18H25N3O3. The van der Waals surface area contributed by atoms with Crippen LogP contribution >= 0.6 is 0 Å². The smallest absolute Gasteiger partial charge is 0.227 e. The molecule has 0 spiro atoms. The minimum Gasteiger partial charge on any atom is -0.495 e. The summed E-state index contributed by atoms with van der Waals surface area (Å²) < 4.78 is 5.27. The molecule has 1 aromatic rings. The van der Waals surface area contributed by atoms with Crippen LogP contribution in [0.4, 0.5) is 5.69 Å². The van der Waals surface area contributed by atoms with Crippen molar-refractivity contribution in [3.63, 3.8) is 0 Å². The Morgan fingerprint density at radius 2 is 1.92 bits per heavy atom. The number of para-hydroxylation sites is 2. The van der Waals surface area contributed by atoms with E-state index in [0.29, 0.717) is 37.4 Å². The molecule has 1 atom stereocenters. The van der Waals surface area contributed by atoms with Crippen molar-refractivity contribution < 1.29 is 14.3 Å². The highest BCUT2D eigenvalue weighted by atomic mass is 16.5. The Bertz CT molecular complexity index is 591. The molecule has 1 aromatic carbocycles. The number of rotatable bonds is 4. The first kappa shape index (κ1) is 16.8. The van der Waals surface area contributed by atoms with Gasteiger partial charge in [-0.2, -0.15) is 0 Å². The topological polar surface area (TPSA) is 70.7 Å². The van der Waals surface area contributed by atoms with Gasteiger partial charge in [0.1, 0.15) is 5.75 Å². The summed E-state index contributed by atoms with van der Waals surface area (Å²) in [6, 6.07) is 7.40. The van der Waals surface area contributed by atoms with Crippen molar-refractivity contribution in [2.24, 2.45) is 11.8 Å². The highest BCUT2D eigenvalue weighted by molar-refractivity contribution is 5.94. The number of hydrogen-bond donors (Lipinski definition) is 2. The number of amides is 2. The minimum atomic E-state index is -0.0549. The summed E-state index contributed by atoms with van der Waals surface area (Å²) in [5.74, 6) is 0.967. The molecule has 24 heavy (non-hydrogen) atoms. The van der Waals surface area contributed by atoms with Gasteiger partial charge in [-0.25, -0.2) is 0 Å². The molecule has 2 aliphatic rings. The molecule has 2 heterocycles. The van der Waals surface area contributed by atoms with Crippen molar-refractivity contribution in [2.45, 2.75) is 19.3 Å². The Kier molecular flexibility index (Phi) is 5.35. The van der Waals surface area contributed by atoms with Crippen LogP contribution in [0.5, 0.6) is 5.75 Å². The SMILES string of the molecule is COc1ccccc1NC(=O)C1CCN(C(=O)C2CCNC2)CC1. The highest BCUT2D eigenvalue weighted by Crippen LogP contribution is 2.26. The standard InChI is InChI=1S/C18H25N3O3/c1-24-16-5-3-2-4-15(16)20-17(22)13-7-10-21(11-8-13)18(23)14-6-9-19-12-14/h2-5,13-14,19H,6-12H2,1H3,(H,20,22). The molecule has 1 unspecified atom stereocenters. The van der Waals surface area contributed by atoms with Gasteiger partial charge in [0.2, 0.25) is 11.8 Å². The van der Waals surface area contributed by atoms with E-state index in [2.05, 4.69) is 10.6 Å².